The van der Waals surface area contributed by atoms with Gasteiger partial charge in [-0.2, -0.15) is 0 Å². The van der Waals surface area contributed by atoms with Gasteiger partial charge in [0.25, 0.3) is 0 Å². The molecule has 1 fully saturated rings. The Bertz CT molecular complexity index is 782. The molecule has 6 heteroatoms. The second kappa shape index (κ2) is 5.87. The fraction of sp³-hybridized carbons (Fsp3) is 0.353. The number of ether oxygens (including phenoxy) is 1. The molecule has 120 valence electrons. The van der Waals surface area contributed by atoms with Gasteiger partial charge in [-0.15, -0.1) is 0 Å². The minimum absolute atomic E-state index is 0.280. The Morgan fingerprint density at radius 1 is 1.35 bits per heavy atom. The number of anilines is 1. The number of esters is 1. The number of nitrogens with zero attached hydrogens (tertiary/aromatic N) is 2. The number of carboxylic acid groups (broad SMARTS) is 1. The van der Waals surface area contributed by atoms with Crippen LogP contribution in [0.4, 0.5) is 5.82 Å². The highest BCUT2D eigenvalue weighted by Crippen LogP contribution is 2.32. The molecule has 0 bridgehead atoms. The zero-order valence-electron chi connectivity index (χ0n) is 13.1. The molecule has 1 aliphatic rings. The minimum Gasteiger partial charge on any atom is -0.481 e. The molecular weight excluding hydrogens is 296 g/mol. The lowest BCUT2D eigenvalue weighted by Crippen LogP contribution is -2.51. The minimum atomic E-state index is -0.823. The molecule has 2 heterocycles. The molecule has 2 aromatic rings. The highest BCUT2D eigenvalue weighted by Gasteiger charge is 2.36. The Labute approximate surface area is 133 Å². The fourth-order valence-corrected chi connectivity index (χ4v) is 2.84. The Morgan fingerprint density at radius 2 is 2.04 bits per heavy atom. The van der Waals surface area contributed by atoms with Crippen LogP contribution in [-0.2, 0) is 9.53 Å². The maximum absolute atomic E-state index is 12.4. The van der Waals surface area contributed by atoms with E-state index in [4.69, 9.17) is 9.84 Å². The smallest absolute Gasteiger partial charge is 0.342 e. The van der Waals surface area contributed by atoms with Crippen LogP contribution in [0.2, 0.25) is 0 Å². The van der Waals surface area contributed by atoms with Gasteiger partial charge in [-0.3, -0.25) is 4.79 Å². The van der Waals surface area contributed by atoms with Crippen molar-refractivity contribution in [1.82, 2.24) is 4.98 Å². The summed E-state index contributed by atoms with van der Waals surface area (Å²) in [6, 6.07) is 7.59. The molecule has 23 heavy (non-hydrogen) atoms. The molecule has 0 saturated carbocycles. The van der Waals surface area contributed by atoms with Gasteiger partial charge in [0.05, 0.1) is 18.0 Å². The monoisotopic (exact) mass is 314 g/mol. The molecule has 1 aliphatic heterocycles. The summed E-state index contributed by atoms with van der Waals surface area (Å²) < 4.78 is 5.17. The predicted octanol–water partition coefficient (Wildman–Crippen LogP) is 2.24. The average Bonchev–Trinajstić information content (AvgIpc) is 2.45. The van der Waals surface area contributed by atoms with Crippen LogP contribution in [-0.4, -0.2) is 41.7 Å². The van der Waals surface area contributed by atoms with E-state index in [1.54, 1.807) is 6.92 Å². The first-order valence-electron chi connectivity index (χ1n) is 7.57. The third kappa shape index (κ3) is 2.60. The Balaban J connectivity index is 2.09. The van der Waals surface area contributed by atoms with Crippen molar-refractivity contribution < 1.29 is 19.4 Å². The number of carbonyl (C=O) groups excluding carboxylic acids is 1. The topological polar surface area (TPSA) is 79.7 Å². The van der Waals surface area contributed by atoms with Gasteiger partial charge >= 0.3 is 11.9 Å². The van der Waals surface area contributed by atoms with Crippen LogP contribution in [0.3, 0.4) is 0 Å². The first-order valence-corrected chi connectivity index (χ1v) is 7.57. The number of pyridine rings is 1. The molecule has 0 radical (unpaired) electrons. The molecule has 0 amide bonds. The maximum Gasteiger partial charge on any atom is 0.342 e. The van der Waals surface area contributed by atoms with Crippen molar-refractivity contribution in [3.63, 3.8) is 0 Å². The van der Waals surface area contributed by atoms with E-state index in [0.29, 0.717) is 24.5 Å². The predicted molar refractivity (Wildman–Crippen MR) is 85.8 cm³/mol. The summed E-state index contributed by atoms with van der Waals surface area (Å²) >= 11 is 0. The molecular formula is C17H18N2O4. The first-order chi connectivity index (χ1) is 11.0. The first kappa shape index (κ1) is 15.3. The summed E-state index contributed by atoms with van der Waals surface area (Å²) in [5.74, 6) is -1.15. The number of hydrogen-bond acceptors (Lipinski definition) is 5. The molecule has 0 spiro atoms. The second-order valence-corrected chi connectivity index (χ2v) is 5.61. The molecule has 1 aromatic heterocycles. The standard InChI is InChI=1S/C17H18N2O4/c1-3-23-17(22)14-10(2)12-6-4-5-7-13(12)18-15(14)19-8-11(9-19)16(20)21/h4-7,11H,3,8-9H2,1-2H3,(H,20,21). The van der Waals surface area contributed by atoms with Crippen LogP contribution in [0.5, 0.6) is 0 Å². The molecule has 3 rings (SSSR count). The van der Waals surface area contributed by atoms with Crippen molar-refractivity contribution in [3.8, 4) is 0 Å². The highest BCUT2D eigenvalue weighted by molar-refractivity contribution is 6.02. The number of aryl methyl sites for hydroxylation is 1. The maximum atomic E-state index is 12.4. The highest BCUT2D eigenvalue weighted by atomic mass is 16.5. The molecule has 1 saturated heterocycles. The third-order valence-electron chi connectivity index (χ3n) is 4.14. The van der Waals surface area contributed by atoms with Gasteiger partial charge < -0.3 is 14.7 Å². The number of aromatic nitrogens is 1. The van der Waals surface area contributed by atoms with Crippen LogP contribution in [0.25, 0.3) is 10.9 Å². The summed E-state index contributed by atoms with van der Waals surface area (Å²) in [5.41, 5.74) is 2.02. The van der Waals surface area contributed by atoms with Crippen molar-refractivity contribution in [3.05, 3.63) is 35.4 Å². The average molecular weight is 314 g/mol. The summed E-state index contributed by atoms with van der Waals surface area (Å²) in [7, 11) is 0. The zero-order valence-corrected chi connectivity index (χ0v) is 13.1. The number of carbonyl (C=O) groups is 2. The van der Waals surface area contributed by atoms with Crippen LogP contribution < -0.4 is 4.90 Å². The van der Waals surface area contributed by atoms with Crippen molar-refractivity contribution in [2.75, 3.05) is 24.6 Å². The fourth-order valence-electron chi connectivity index (χ4n) is 2.84. The van der Waals surface area contributed by atoms with Crippen molar-refractivity contribution in [2.24, 2.45) is 5.92 Å². The van der Waals surface area contributed by atoms with E-state index in [2.05, 4.69) is 4.98 Å². The molecule has 6 nitrogen and oxygen atoms in total. The van der Waals surface area contributed by atoms with Gasteiger partial charge in [-0.25, -0.2) is 9.78 Å². The zero-order chi connectivity index (χ0) is 16.6. The lowest BCUT2D eigenvalue weighted by atomic mass is 9.97. The van der Waals surface area contributed by atoms with Crippen LogP contribution in [0, 0.1) is 12.8 Å². The van der Waals surface area contributed by atoms with Gasteiger partial charge in [-0.1, -0.05) is 18.2 Å². The van der Waals surface area contributed by atoms with E-state index in [9.17, 15) is 9.59 Å². The molecule has 0 atom stereocenters. The van der Waals surface area contributed by atoms with E-state index >= 15 is 0 Å². The summed E-state index contributed by atoms with van der Waals surface area (Å²) in [5, 5.41) is 9.95. The lowest BCUT2D eigenvalue weighted by molar-refractivity contribution is -0.142. The number of aliphatic carboxylic acids is 1. The van der Waals surface area contributed by atoms with Gasteiger partial charge in [0, 0.05) is 18.5 Å². The number of carboxylic acids is 1. The van der Waals surface area contributed by atoms with Crippen LogP contribution in [0.15, 0.2) is 24.3 Å². The molecule has 0 unspecified atom stereocenters. The van der Waals surface area contributed by atoms with Gasteiger partial charge in [0.15, 0.2) is 0 Å². The van der Waals surface area contributed by atoms with Crippen molar-refractivity contribution in [2.45, 2.75) is 13.8 Å². The Kier molecular flexibility index (Phi) is 3.90. The summed E-state index contributed by atoms with van der Waals surface area (Å²) in [6.45, 7) is 4.61. The SMILES string of the molecule is CCOC(=O)c1c(N2CC(C(=O)O)C2)nc2ccccc2c1C. The van der Waals surface area contributed by atoms with E-state index in [0.717, 1.165) is 16.5 Å². The third-order valence-corrected chi connectivity index (χ3v) is 4.14. The van der Waals surface area contributed by atoms with Crippen LogP contribution in [0.1, 0.15) is 22.8 Å². The van der Waals surface area contributed by atoms with Crippen molar-refractivity contribution in [1.29, 1.82) is 0 Å². The molecule has 1 N–H and O–H groups in total. The quantitative estimate of drug-likeness (QED) is 0.872. The Hall–Kier alpha value is -2.63. The van der Waals surface area contributed by atoms with Crippen LogP contribution >= 0.6 is 0 Å². The van der Waals surface area contributed by atoms with E-state index in [1.807, 2.05) is 36.1 Å². The number of benzene rings is 1. The van der Waals surface area contributed by atoms with E-state index in [-0.39, 0.29) is 6.61 Å². The van der Waals surface area contributed by atoms with E-state index in [1.165, 1.54) is 0 Å². The van der Waals surface area contributed by atoms with Gasteiger partial charge in [0.2, 0.25) is 0 Å². The van der Waals surface area contributed by atoms with E-state index < -0.39 is 17.9 Å². The van der Waals surface area contributed by atoms with Gasteiger partial charge in [0.1, 0.15) is 11.4 Å². The number of rotatable bonds is 4. The Morgan fingerprint density at radius 3 is 2.70 bits per heavy atom. The number of para-hydroxylation sites is 1. The normalized spacial score (nSPS) is 14.6. The van der Waals surface area contributed by atoms with Crippen molar-refractivity contribution >= 4 is 28.7 Å². The second-order valence-electron chi connectivity index (χ2n) is 5.61. The summed E-state index contributed by atoms with van der Waals surface area (Å²) in [6.07, 6.45) is 0. The lowest BCUT2D eigenvalue weighted by Gasteiger charge is -2.38. The van der Waals surface area contributed by atoms with Gasteiger partial charge in [-0.05, 0) is 25.5 Å². The molecule has 0 aliphatic carbocycles. The number of fused-ring (bicyclic) bond motifs is 1. The largest absolute Gasteiger partial charge is 0.481 e. The molecule has 1 aromatic carbocycles. The number of hydrogen-bond donors (Lipinski definition) is 1. The summed E-state index contributed by atoms with van der Waals surface area (Å²) in [4.78, 5) is 29.8.